The molecule has 0 spiro atoms. The van der Waals surface area contributed by atoms with Gasteiger partial charge in [0.1, 0.15) is 5.82 Å². The second-order valence-electron chi connectivity index (χ2n) is 3.92. The molecule has 7 heteroatoms. The van der Waals surface area contributed by atoms with Crippen LogP contribution in [-0.2, 0) is 0 Å². The molecule has 0 radical (unpaired) electrons. The SMILES string of the molecule is CCNC(=O)c1ccc(Sc2n[nH]c(C)n2)c(N)c1. The van der Waals surface area contributed by atoms with Crippen LogP contribution in [0.1, 0.15) is 23.1 Å². The number of hydrogen-bond acceptors (Lipinski definition) is 5. The number of carbonyl (C=O) groups excluding carboxylic acids is 1. The van der Waals surface area contributed by atoms with Gasteiger partial charge in [0.2, 0.25) is 5.16 Å². The fraction of sp³-hybridized carbons (Fsp3) is 0.250. The predicted molar refractivity (Wildman–Crippen MR) is 74.1 cm³/mol. The van der Waals surface area contributed by atoms with Gasteiger partial charge in [-0.1, -0.05) is 0 Å². The van der Waals surface area contributed by atoms with E-state index in [1.165, 1.54) is 11.8 Å². The minimum absolute atomic E-state index is 0.125. The number of anilines is 1. The number of nitrogen functional groups attached to an aromatic ring is 1. The quantitative estimate of drug-likeness (QED) is 0.737. The Balaban J connectivity index is 2.17. The molecule has 1 aromatic carbocycles. The van der Waals surface area contributed by atoms with E-state index < -0.39 is 0 Å². The van der Waals surface area contributed by atoms with Crippen LogP contribution in [0.3, 0.4) is 0 Å². The molecule has 0 bridgehead atoms. The van der Waals surface area contributed by atoms with E-state index in [0.29, 0.717) is 23.0 Å². The molecule has 0 saturated carbocycles. The van der Waals surface area contributed by atoms with Crippen molar-refractivity contribution in [1.29, 1.82) is 0 Å². The van der Waals surface area contributed by atoms with Crippen LogP contribution in [-0.4, -0.2) is 27.6 Å². The fourth-order valence-electron chi connectivity index (χ4n) is 1.51. The van der Waals surface area contributed by atoms with Crippen molar-refractivity contribution in [2.75, 3.05) is 12.3 Å². The summed E-state index contributed by atoms with van der Waals surface area (Å²) in [7, 11) is 0. The lowest BCUT2D eigenvalue weighted by molar-refractivity contribution is 0.0956. The lowest BCUT2D eigenvalue weighted by Crippen LogP contribution is -2.22. The number of nitrogens with one attached hydrogen (secondary N) is 2. The van der Waals surface area contributed by atoms with Gasteiger partial charge in [-0.3, -0.25) is 9.89 Å². The second kappa shape index (κ2) is 5.75. The third-order valence-electron chi connectivity index (χ3n) is 2.39. The maximum atomic E-state index is 11.7. The van der Waals surface area contributed by atoms with E-state index in [2.05, 4.69) is 20.5 Å². The van der Waals surface area contributed by atoms with Crippen molar-refractivity contribution in [3.8, 4) is 0 Å². The van der Waals surface area contributed by atoms with Crippen LogP contribution in [0.15, 0.2) is 28.3 Å². The zero-order valence-electron chi connectivity index (χ0n) is 10.7. The lowest BCUT2D eigenvalue weighted by atomic mass is 10.2. The molecular formula is C12H15N5OS. The van der Waals surface area contributed by atoms with Crippen molar-refractivity contribution >= 4 is 23.4 Å². The van der Waals surface area contributed by atoms with Gasteiger partial charge in [0.25, 0.3) is 5.91 Å². The highest BCUT2D eigenvalue weighted by Gasteiger charge is 2.10. The van der Waals surface area contributed by atoms with Gasteiger partial charge in [-0.2, -0.15) is 0 Å². The summed E-state index contributed by atoms with van der Waals surface area (Å²) in [5.41, 5.74) is 7.03. The molecule has 19 heavy (non-hydrogen) atoms. The molecule has 100 valence electrons. The number of hydrogen-bond donors (Lipinski definition) is 3. The maximum absolute atomic E-state index is 11.7. The number of carbonyl (C=O) groups is 1. The smallest absolute Gasteiger partial charge is 0.251 e. The van der Waals surface area contributed by atoms with E-state index in [0.717, 1.165) is 10.7 Å². The van der Waals surface area contributed by atoms with E-state index >= 15 is 0 Å². The first-order valence-corrected chi connectivity index (χ1v) is 6.66. The Hall–Kier alpha value is -2.02. The van der Waals surface area contributed by atoms with Crippen LogP contribution in [0.25, 0.3) is 0 Å². The second-order valence-corrected chi connectivity index (χ2v) is 4.93. The number of aromatic amines is 1. The molecule has 0 aliphatic rings. The van der Waals surface area contributed by atoms with Gasteiger partial charge >= 0.3 is 0 Å². The van der Waals surface area contributed by atoms with Gasteiger partial charge in [-0.25, -0.2) is 4.98 Å². The number of rotatable bonds is 4. The Bertz CT molecular complexity index is 596. The van der Waals surface area contributed by atoms with Crippen molar-refractivity contribution in [2.24, 2.45) is 0 Å². The van der Waals surface area contributed by atoms with Gasteiger partial charge in [0.05, 0.1) is 0 Å². The summed E-state index contributed by atoms with van der Waals surface area (Å²) in [6.45, 7) is 4.29. The van der Waals surface area contributed by atoms with Gasteiger partial charge in [-0.05, 0) is 43.8 Å². The molecule has 0 atom stereocenters. The highest BCUT2D eigenvalue weighted by Crippen LogP contribution is 2.30. The highest BCUT2D eigenvalue weighted by molar-refractivity contribution is 7.99. The third kappa shape index (κ3) is 3.25. The summed E-state index contributed by atoms with van der Waals surface area (Å²) in [4.78, 5) is 16.7. The lowest BCUT2D eigenvalue weighted by Gasteiger charge is -2.06. The minimum Gasteiger partial charge on any atom is -0.398 e. The van der Waals surface area contributed by atoms with Gasteiger partial charge in [-0.15, -0.1) is 5.10 Å². The topological polar surface area (TPSA) is 96.7 Å². The molecule has 2 rings (SSSR count). The largest absolute Gasteiger partial charge is 0.398 e. The molecule has 1 aromatic heterocycles. The Morgan fingerprint density at radius 2 is 2.32 bits per heavy atom. The van der Waals surface area contributed by atoms with Crippen molar-refractivity contribution in [2.45, 2.75) is 23.9 Å². The van der Waals surface area contributed by atoms with E-state index in [1.54, 1.807) is 18.2 Å². The first-order valence-electron chi connectivity index (χ1n) is 5.84. The van der Waals surface area contributed by atoms with Gasteiger partial charge in [0.15, 0.2) is 0 Å². The van der Waals surface area contributed by atoms with Crippen molar-refractivity contribution in [1.82, 2.24) is 20.5 Å². The average molecular weight is 277 g/mol. The van der Waals surface area contributed by atoms with Crippen molar-refractivity contribution in [3.05, 3.63) is 29.6 Å². The van der Waals surface area contributed by atoms with Crippen LogP contribution < -0.4 is 11.1 Å². The summed E-state index contributed by atoms with van der Waals surface area (Å²) >= 11 is 1.36. The number of benzene rings is 1. The number of H-pyrrole nitrogens is 1. The maximum Gasteiger partial charge on any atom is 0.251 e. The monoisotopic (exact) mass is 277 g/mol. The number of aromatic nitrogens is 3. The molecule has 1 heterocycles. The number of nitrogens with zero attached hydrogens (tertiary/aromatic N) is 2. The first-order chi connectivity index (χ1) is 9.10. The molecule has 0 aliphatic carbocycles. The zero-order valence-corrected chi connectivity index (χ0v) is 11.5. The van der Waals surface area contributed by atoms with Gasteiger partial charge in [0, 0.05) is 22.7 Å². The number of nitrogens with two attached hydrogens (primary N) is 1. The standard InChI is InChI=1S/C12H15N5OS/c1-3-14-11(18)8-4-5-10(9(13)6-8)19-12-15-7(2)16-17-12/h4-6H,3,13H2,1-2H3,(H,14,18)(H,15,16,17). The molecule has 0 unspecified atom stereocenters. The summed E-state index contributed by atoms with van der Waals surface area (Å²) in [5, 5.41) is 10.1. The van der Waals surface area contributed by atoms with Crippen LogP contribution in [0.4, 0.5) is 5.69 Å². The minimum atomic E-state index is -0.125. The molecular weight excluding hydrogens is 262 g/mol. The summed E-state index contributed by atoms with van der Waals surface area (Å²) in [6.07, 6.45) is 0. The number of aryl methyl sites for hydroxylation is 1. The molecule has 1 amide bonds. The Labute approximate surface area is 115 Å². The average Bonchev–Trinajstić information content (AvgIpc) is 2.78. The molecule has 0 aliphatic heterocycles. The third-order valence-corrected chi connectivity index (χ3v) is 3.34. The highest BCUT2D eigenvalue weighted by atomic mass is 32.2. The molecule has 0 saturated heterocycles. The molecule has 0 fully saturated rings. The first kappa shape index (κ1) is 13.4. The van der Waals surface area contributed by atoms with Crippen LogP contribution >= 0.6 is 11.8 Å². The molecule has 6 nitrogen and oxygen atoms in total. The van der Waals surface area contributed by atoms with E-state index in [4.69, 9.17) is 5.73 Å². The Morgan fingerprint density at radius 3 is 2.89 bits per heavy atom. The van der Waals surface area contributed by atoms with Crippen molar-refractivity contribution in [3.63, 3.8) is 0 Å². The van der Waals surface area contributed by atoms with E-state index in [9.17, 15) is 4.79 Å². The van der Waals surface area contributed by atoms with E-state index in [1.807, 2.05) is 13.8 Å². The normalized spacial score (nSPS) is 10.4. The Morgan fingerprint density at radius 1 is 1.53 bits per heavy atom. The molecule has 2 aromatic rings. The summed E-state index contributed by atoms with van der Waals surface area (Å²) < 4.78 is 0. The fourth-order valence-corrected chi connectivity index (χ4v) is 2.29. The summed E-state index contributed by atoms with van der Waals surface area (Å²) in [5.74, 6) is 0.625. The number of amides is 1. The van der Waals surface area contributed by atoms with Crippen LogP contribution in [0.5, 0.6) is 0 Å². The van der Waals surface area contributed by atoms with Gasteiger partial charge < -0.3 is 11.1 Å². The molecule has 4 N–H and O–H groups in total. The van der Waals surface area contributed by atoms with Crippen LogP contribution in [0, 0.1) is 6.92 Å². The Kier molecular flexibility index (Phi) is 4.06. The summed E-state index contributed by atoms with van der Waals surface area (Å²) in [6, 6.07) is 5.20. The predicted octanol–water partition coefficient (Wildman–Crippen LogP) is 1.60. The van der Waals surface area contributed by atoms with E-state index in [-0.39, 0.29) is 5.91 Å². The van der Waals surface area contributed by atoms with Crippen molar-refractivity contribution < 1.29 is 4.79 Å². The van der Waals surface area contributed by atoms with Crippen LogP contribution in [0.2, 0.25) is 0 Å². The zero-order chi connectivity index (χ0) is 13.8.